The van der Waals surface area contributed by atoms with Gasteiger partial charge in [0.2, 0.25) is 17.7 Å². The molecule has 1 saturated carbocycles. The molecule has 7 nitrogen and oxygen atoms in total. The molecule has 2 aliphatic rings. The molecule has 3 amide bonds. The molecule has 3 N–H and O–H groups in total. The van der Waals surface area contributed by atoms with E-state index in [4.69, 9.17) is 0 Å². The van der Waals surface area contributed by atoms with Crippen LogP contribution < -0.4 is 20.9 Å². The minimum absolute atomic E-state index is 0.0179. The number of anilines is 3. The molecule has 4 rings (SSSR count). The normalized spacial score (nSPS) is 17.3. The number of rotatable bonds is 5. The van der Waals surface area contributed by atoms with Crippen LogP contribution in [-0.4, -0.2) is 36.3 Å². The summed E-state index contributed by atoms with van der Waals surface area (Å²) < 4.78 is 0. The average molecular weight is 421 g/mol. The van der Waals surface area contributed by atoms with E-state index in [1.807, 2.05) is 55.5 Å². The number of carbonyl (C=O) groups excluding carboxylic acids is 3. The van der Waals surface area contributed by atoms with Crippen molar-refractivity contribution in [1.29, 1.82) is 0 Å². The zero-order valence-corrected chi connectivity index (χ0v) is 17.7. The molecule has 0 aromatic heterocycles. The maximum Gasteiger partial charge on any atom is 0.250 e. The van der Waals surface area contributed by atoms with Crippen molar-refractivity contribution in [3.05, 3.63) is 54.1 Å². The SMILES string of the molecule is Cc1ccc(NC(=O)C2(NC(=O)CN3CC(=O)Nc4ccccc43)CCCCC2)cc1. The van der Waals surface area contributed by atoms with Crippen molar-refractivity contribution in [1.82, 2.24) is 5.32 Å². The van der Waals surface area contributed by atoms with E-state index in [0.29, 0.717) is 18.5 Å². The van der Waals surface area contributed by atoms with E-state index < -0.39 is 5.54 Å². The Balaban J connectivity index is 1.49. The van der Waals surface area contributed by atoms with Gasteiger partial charge in [-0.05, 0) is 44.0 Å². The molecule has 1 aliphatic carbocycles. The third-order valence-electron chi connectivity index (χ3n) is 6.02. The maximum absolute atomic E-state index is 13.2. The average Bonchev–Trinajstić information content (AvgIpc) is 2.75. The second-order valence-electron chi connectivity index (χ2n) is 8.43. The number of aryl methyl sites for hydroxylation is 1. The van der Waals surface area contributed by atoms with Crippen LogP contribution in [0.5, 0.6) is 0 Å². The van der Waals surface area contributed by atoms with Crippen LogP contribution in [0.3, 0.4) is 0 Å². The Bertz CT molecular complexity index is 981. The van der Waals surface area contributed by atoms with E-state index in [0.717, 1.165) is 36.2 Å². The summed E-state index contributed by atoms with van der Waals surface area (Å²) in [5.74, 6) is -0.595. The Morgan fingerprint density at radius 1 is 1.03 bits per heavy atom. The van der Waals surface area contributed by atoms with E-state index in [1.165, 1.54) is 0 Å². The minimum atomic E-state index is -0.933. The summed E-state index contributed by atoms with van der Waals surface area (Å²) in [4.78, 5) is 40.1. The van der Waals surface area contributed by atoms with Gasteiger partial charge < -0.3 is 20.9 Å². The number of carbonyl (C=O) groups is 3. The zero-order chi connectivity index (χ0) is 21.8. The van der Waals surface area contributed by atoms with Gasteiger partial charge in [-0.1, -0.05) is 49.1 Å². The van der Waals surface area contributed by atoms with Crippen molar-refractivity contribution in [3.63, 3.8) is 0 Å². The van der Waals surface area contributed by atoms with Crippen molar-refractivity contribution in [2.75, 3.05) is 28.6 Å². The molecule has 31 heavy (non-hydrogen) atoms. The molecular weight excluding hydrogens is 392 g/mol. The number of hydrogen-bond acceptors (Lipinski definition) is 4. The third-order valence-corrected chi connectivity index (χ3v) is 6.02. The molecule has 0 saturated heterocycles. The Morgan fingerprint density at radius 2 is 1.74 bits per heavy atom. The summed E-state index contributed by atoms with van der Waals surface area (Å²) >= 11 is 0. The number of nitrogens with one attached hydrogen (secondary N) is 3. The fourth-order valence-electron chi connectivity index (χ4n) is 4.38. The van der Waals surface area contributed by atoms with Gasteiger partial charge in [0, 0.05) is 5.69 Å². The molecule has 2 aromatic rings. The van der Waals surface area contributed by atoms with Gasteiger partial charge in [0.25, 0.3) is 0 Å². The van der Waals surface area contributed by atoms with E-state index in [2.05, 4.69) is 16.0 Å². The van der Waals surface area contributed by atoms with Gasteiger partial charge in [-0.2, -0.15) is 0 Å². The molecule has 2 aromatic carbocycles. The zero-order valence-electron chi connectivity index (χ0n) is 17.7. The lowest BCUT2D eigenvalue weighted by Gasteiger charge is -2.38. The predicted octanol–water partition coefficient (Wildman–Crippen LogP) is 3.21. The van der Waals surface area contributed by atoms with Crippen LogP contribution in [0, 0.1) is 6.92 Å². The first-order valence-electron chi connectivity index (χ1n) is 10.8. The largest absolute Gasteiger partial charge is 0.351 e. The first-order chi connectivity index (χ1) is 14.9. The van der Waals surface area contributed by atoms with Crippen LogP contribution in [-0.2, 0) is 14.4 Å². The highest BCUT2D eigenvalue weighted by Gasteiger charge is 2.41. The van der Waals surface area contributed by atoms with E-state index in [9.17, 15) is 14.4 Å². The topological polar surface area (TPSA) is 90.5 Å². The molecule has 0 atom stereocenters. The van der Waals surface area contributed by atoms with Gasteiger partial charge in [0.15, 0.2) is 0 Å². The molecule has 1 aliphatic heterocycles. The van der Waals surface area contributed by atoms with Gasteiger partial charge >= 0.3 is 0 Å². The number of hydrogen-bond donors (Lipinski definition) is 3. The summed E-state index contributed by atoms with van der Waals surface area (Å²) in [6.45, 7) is 2.12. The molecule has 1 heterocycles. The Kier molecular flexibility index (Phi) is 5.93. The third kappa shape index (κ3) is 4.71. The number of nitrogens with zero attached hydrogens (tertiary/aromatic N) is 1. The minimum Gasteiger partial charge on any atom is -0.351 e. The van der Waals surface area contributed by atoms with Gasteiger partial charge in [0.05, 0.1) is 24.5 Å². The highest BCUT2D eigenvalue weighted by molar-refractivity contribution is 6.04. The van der Waals surface area contributed by atoms with Crippen molar-refractivity contribution >= 4 is 34.8 Å². The maximum atomic E-state index is 13.2. The molecule has 0 spiro atoms. The summed E-state index contributed by atoms with van der Waals surface area (Å²) in [6, 6.07) is 15.0. The second-order valence-corrected chi connectivity index (χ2v) is 8.43. The number of para-hydroxylation sites is 2. The van der Waals surface area contributed by atoms with Crippen LogP contribution >= 0.6 is 0 Å². The smallest absolute Gasteiger partial charge is 0.250 e. The number of fused-ring (bicyclic) bond motifs is 1. The fraction of sp³-hybridized carbons (Fsp3) is 0.375. The van der Waals surface area contributed by atoms with Crippen LogP contribution in [0.15, 0.2) is 48.5 Å². The van der Waals surface area contributed by atoms with Gasteiger partial charge in [-0.3, -0.25) is 14.4 Å². The van der Waals surface area contributed by atoms with Crippen LogP contribution in [0.4, 0.5) is 17.1 Å². The van der Waals surface area contributed by atoms with Crippen LogP contribution in [0.1, 0.15) is 37.7 Å². The lowest BCUT2D eigenvalue weighted by Crippen LogP contribution is -2.59. The van der Waals surface area contributed by atoms with Crippen molar-refractivity contribution < 1.29 is 14.4 Å². The number of amides is 3. The number of benzene rings is 2. The summed E-state index contributed by atoms with van der Waals surface area (Å²) in [5, 5.41) is 8.84. The summed E-state index contributed by atoms with van der Waals surface area (Å²) in [7, 11) is 0. The van der Waals surface area contributed by atoms with E-state index >= 15 is 0 Å². The quantitative estimate of drug-likeness (QED) is 0.693. The predicted molar refractivity (Wildman–Crippen MR) is 121 cm³/mol. The Hall–Kier alpha value is -3.35. The van der Waals surface area contributed by atoms with Crippen molar-refractivity contribution in [2.45, 2.75) is 44.6 Å². The molecule has 7 heteroatoms. The van der Waals surface area contributed by atoms with Gasteiger partial charge in [-0.25, -0.2) is 0 Å². The molecule has 0 bridgehead atoms. The Labute approximate surface area is 182 Å². The van der Waals surface area contributed by atoms with Crippen molar-refractivity contribution in [2.24, 2.45) is 0 Å². The van der Waals surface area contributed by atoms with Crippen LogP contribution in [0.25, 0.3) is 0 Å². The molecule has 0 unspecified atom stereocenters. The summed E-state index contributed by atoms with van der Waals surface area (Å²) in [6.07, 6.45) is 4.03. The van der Waals surface area contributed by atoms with Crippen LogP contribution in [0.2, 0.25) is 0 Å². The van der Waals surface area contributed by atoms with Gasteiger partial charge in [0.1, 0.15) is 5.54 Å². The molecular formula is C24H28N4O3. The Morgan fingerprint density at radius 3 is 2.48 bits per heavy atom. The lowest BCUT2D eigenvalue weighted by molar-refractivity contribution is -0.131. The molecule has 162 valence electrons. The fourth-order valence-corrected chi connectivity index (χ4v) is 4.38. The second kappa shape index (κ2) is 8.79. The standard InChI is InChI=1S/C24H28N4O3/c1-17-9-11-18(12-10-17)25-23(31)24(13-5-2-6-14-24)27-22(30)16-28-15-21(29)26-19-7-3-4-8-20(19)28/h3-4,7-12H,2,5-6,13-16H2,1H3,(H,25,31)(H,26,29)(H,27,30). The highest BCUT2D eigenvalue weighted by Crippen LogP contribution is 2.31. The van der Waals surface area contributed by atoms with Gasteiger partial charge in [-0.15, -0.1) is 0 Å². The van der Waals surface area contributed by atoms with E-state index in [-0.39, 0.29) is 30.8 Å². The first-order valence-corrected chi connectivity index (χ1v) is 10.8. The summed E-state index contributed by atoms with van der Waals surface area (Å²) in [5.41, 5.74) is 2.40. The molecule has 0 radical (unpaired) electrons. The first kappa shape index (κ1) is 20.9. The lowest BCUT2D eigenvalue weighted by atomic mass is 9.80. The highest BCUT2D eigenvalue weighted by atomic mass is 16.2. The van der Waals surface area contributed by atoms with Crippen molar-refractivity contribution in [3.8, 4) is 0 Å². The molecule has 1 fully saturated rings. The van der Waals surface area contributed by atoms with E-state index in [1.54, 1.807) is 4.90 Å². The monoisotopic (exact) mass is 420 g/mol.